The minimum Gasteiger partial charge on any atom is -0.372 e. The van der Waals surface area contributed by atoms with Crippen LogP contribution in [0.2, 0.25) is 0 Å². The minimum absolute atomic E-state index is 0.0595. The molecule has 0 atom stereocenters. The molecule has 2 N–H and O–H groups in total. The predicted octanol–water partition coefficient (Wildman–Crippen LogP) is 2.45. The zero-order valence-corrected chi connectivity index (χ0v) is 15.6. The molecule has 0 bridgehead atoms. The van der Waals surface area contributed by atoms with Crippen molar-refractivity contribution >= 4 is 27.3 Å². The van der Waals surface area contributed by atoms with E-state index in [4.69, 9.17) is 6.42 Å². The van der Waals surface area contributed by atoms with Gasteiger partial charge in [-0.3, -0.25) is 4.79 Å². The molecule has 2 aromatic rings. The highest BCUT2D eigenvalue weighted by Crippen LogP contribution is 2.22. The highest BCUT2D eigenvalue weighted by molar-refractivity contribution is 7.89. The van der Waals surface area contributed by atoms with E-state index in [1.165, 1.54) is 37.1 Å². The lowest BCUT2D eigenvalue weighted by Crippen LogP contribution is -2.24. The van der Waals surface area contributed by atoms with Crippen LogP contribution in [0, 0.1) is 12.3 Å². The van der Waals surface area contributed by atoms with E-state index in [1.54, 1.807) is 0 Å². The third-order valence-electron chi connectivity index (χ3n) is 4.39. The van der Waals surface area contributed by atoms with Crippen LogP contribution in [0.4, 0.5) is 11.4 Å². The summed E-state index contributed by atoms with van der Waals surface area (Å²) in [5.74, 6) is 1.91. The topological polar surface area (TPSA) is 78.5 Å². The van der Waals surface area contributed by atoms with Crippen LogP contribution in [-0.4, -0.2) is 34.0 Å². The van der Waals surface area contributed by atoms with E-state index in [-0.39, 0.29) is 17.3 Å². The lowest BCUT2D eigenvalue weighted by atomic mass is 10.2. The average molecular weight is 383 g/mol. The van der Waals surface area contributed by atoms with Gasteiger partial charge in [0.2, 0.25) is 10.0 Å². The van der Waals surface area contributed by atoms with Crippen LogP contribution in [0.1, 0.15) is 23.2 Å². The van der Waals surface area contributed by atoms with Crippen molar-refractivity contribution in [1.29, 1.82) is 0 Å². The van der Waals surface area contributed by atoms with Gasteiger partial charge >= 0.3 is 0 Å². The van der Waals surface area contributed by atoms with Crippen molar-refractivity contribution in [2.75, 3.05) is 29.9 Å². The van der Waals surface area contributed by atoms with Gasteiger partial charge in [-0.05, 0) is 61.4 Å². The molecule has 3 rings (SSSR count). The number of rotatable bonds is 6. The number of nitrogens with zero attached hydrogens (tertiary/aromatic N) is 1. The maximum Gasteiger partial charge on any atom is 0.255 e. The number of hydrogen-bond donors (Lipinski definition) is 2. The third-order valence-corrected chi connectivity index (χ3v) is 5.80. The molecule has 0 spiro atoms. The number of hydrogen-bond acceptors (Lipinski definition) is 4. The number of amides is 1. The summed E-state index contributed by atoms with van der Waals surface area (Å²) in [6, 6.07) is 13.4. The number of benzene rings is 2. The van der Waals surface area contributed by atoms with E-state index < -0.39 is 10.0 Å². The monoisotopic (exact) mass is 383 g/mol. The van der Waals surface area contributed by atoms with Crippen molar-refractivity contribution in [3.05, 3.63) is 54.1 Å². The summed E-state index contributed by atoms with van der Waals surface area (Å²) in [6.07, 6.45) is 7.48. The number of carbonyl (C=O) groups is 1. The Hall–Kier alpha value is -2.82. The summed E-state index contributed by atoms with van der Waals surface area (Å²) in [4.78, 5) is 14.8. The molecule has 1 saturated heterocycles. The molecule has 1 amide bonds. The van der Waals surface area contributed by atoms with Crippen LogP contribution < -0.4 is 14.9 Å². The molecule has 140 valence electrons. The van der Waals surface area contributed by atoms with Gasteiger partial charge in [0, 0.05) is 30.0 Å². The molecule has 0 aromatic heterocycles. The van der Waals surface area contributed by atoms with Gasteiger partial charge in [-0.15, -0.1) is 6.42 Å². The summed E-state index contributed by atoms with van der Waals surface area (Å²) in [7, 11) is -3.67. The molecule has 1 aliphatic rings. The second-order valence-corrected chi connectivity index (χ2v) is 8.02. The molecule has 27 heavy (non-hydrogen) atoms. The van der Waals surface area contributed by atoms with Gasteiger partial charge in [-0.1, -0.05) is 5.92 Å². The summed E-state index contributed by atoms with van der Waals surface area (Å²) in [6.45, 7) is 2.05. The number of carbonyl (C=O) groups excluding carboxylic acids is 1. The van der Waals surface area contributed by atoms with Crippen LogP contribution >= 0.6 is 0 Å². The molecule has 0 saturated carbocycles. The maximum absolute atomic E-state index is 12.4. The van der Waals surface area contributed by atoms with E-state index in [9.17, 15) is 13.2 Å². The van der Waals surface area contributed by atoms with Crippen LogP contribution in [0.3, 0.4) is 0 Å². The number of nitrogens with one attached hydrogen (secondary N) is 2. The quantitative estimate of drug-likeness (QED) is 0.751. The Kier molecular flexibility index (Phi) is 5.79. The largest absolute Gasteiger partial charge is 0.372 e. The van der Waals surface area contributed by atoms with Gasteiger partial charge in [-0.2, -0.15) is 4.72 Å². The summed E-state index contributed by atoms with van der Waals surface area (Å²) in [5.41, 5.74) is 2.21. The average Bonchev–Trinajstić information content (AvgIpc) is 3.22. The van der Waals surface area contributed by atoms with Gasteiger partial charge in [-0.25, -0.2) is 8.42 Å². The summed E-state index contributed by atoms with van der Waals surface area (Å²) < 4.78 is 26.3. The standard InChI is InChI=1S/C20H21N3O3S/c1-2-13-21-27(25,26)19-11-5-16(6-12-19)20(24)22-17-7-9-18(10-8-17)23-14-3-4-15-23/h1,5-12,21H,3-4,13-15H2,(H,22,24). The number of sulfonamides is 1. The SMILES string of the molecule is C#CCNS(=O)(=O)c1ccc(C(=O)Nc2ccc(N3CCCC3)cc2)cc1. The van der Waals surface area contributed by atoms with Crippen LogP contribution in [0.5, 0.6) is 0 Å². The molecule has 0 aliphatic carbocycles. The molecule has 0 unspecified atom stereocenters. The molecule has 6 nitrogen and oxygen atoms in total. The van der Waals surface area contributed by atoms with Gasteiger partial charge in [0.25, 0.3) is 5.91 Å². The fourth-order valence-electron chi connectivity index (χ4n) is 2.94. The molecule has 1 aliphatic heterocycles. The Morgan fingerprint density at radius 2 is 1.67 bits per heavy atom. The van der Waals surface area contributed by atoms with E-state index >= 15 is 0 Å². The van der Waals surface area contributed by atoms with Gasteiger partial charge < -0.3 is 10.2 Å². The lowest BCUT2D eigenvalue weighted by molar-refractivity contribution is 0.102. The van der Waals surface area contributed by atoms with Gasteiger partial charge in [0.15, 0.2) is 0 Å². The second-order valence-electron chi connectivity index (χ2n) is 6.25. The molecule has 7 heteroatoms. The van der Waals surface area contributed by atoms with Crippen LogP contribution in [0.25, 0.3) is 0 Å². The van der Waals surface area contributed by atoms with E-state index in [1.807, 2.05) is 24.3 Å². The molecule has 2 aromatic carbocycles. The smallest absolute Gasteiger partial charge is 0.255 e. The van der Waals surface area contributed by atoms with E-state index in [0.717, 1.165) is 18.8 Å². The maximum atomic E-state index is 12.4. The van der Waals surface area contributed by atoms with Crippen LogP contribution in [-0.2, 0) is 10.0 Å². The normalized spacial score (nSPS) is 14.0. The zero-order valence-electron chi connectivity index (χ0n) is 14.8. The zero-order chi connectivity index (χ0) is 19.3. The first-order valence-electron chi connectivity index (χ1n) is 8.69. The fourth-order valence-corrected chi connectivity index (χ4v) is 3.87. The number of terminal acetylenes is 1. The Labute approximate surface area is 159 Å². The van der Waals surface area contributed by atoms with Gasteiger partial charge in [0.05, 0.1) is 11.4 Å². The first-order chi connectivity index (χ1) is 13.0. The van der Waals surface area contributed by atoms with Crippen molar-refractivity contribution in [2.45, 2.75) is 17.7 Å². The van der Waals surface area contributed by atoms with Crippen molar-refractivity contribution in [3.63, 3.8) is 0 Å². The predicted molar refractivity (Wildman–Crippen MR) is 106 cm³/mol. The Morgan fingerprint density at radius 1 is 1.04 bits per heavy atom. The Morgan fingerprint density at radius 3 is 2.26 bits per heavy atom. The summed E-state index contributed by atoms with van der Waals surface area (Å²) in [5, 5.41) is 2.82. The molecule has 0 radical (unpaired) electrons. The summed E-state index contributed by atoms with van der Waals surface area (Å²) >= 11 is 0. The first-order valence-corrected chi connectivity index (χ1v) is 10.2. The Bertz CT molecular complexity index is 939. The second kappa shape index (κ2) is 8.25. The van der Waals surface area contributed by atoms with Gasteiger partial charge in [0.1, 0.15) is 0 Å². The van der Waals surface area contributed by atoms with Crippen molar-refractivity contribution in [2.24, 2.45) is 0 Å². The number of anilines is 2. The molecule has 1 heterocycles. The van der Waals surface area contributed by atoms with E-state index in [0.29, 0.717) is 11.3 Å². The molecule has 1 fully saturated rings. The van der Waals surface area contributed by atoms with E-state index in [2.05, 4.69) is 20.9 Å². The fraction of sp³-hybridized carbons (Fsp3) is 0.250. The van der Waals surface area contributed by atoms with Crippen molar-refractivity contribution < 1.29 is 13.2 Å². The third kappa shape index (κ3) is 4.67. The Balaban J connectivity index is 1.65. The van der Waals surface area contributed by atoms with Crippen LogP contribution in [0.15, 0.2) is 53.4 Å². The first kappa shape index (κ1) is 19.0. The van der Waals surface area contributed by atoms with Crippen molar-refractivity contribution in [3.8, 4) is 12.3 Å². The van der Waals surface area contributed by atoms with Crippen molar-refractivity contribution in [1.82, 2.24) is 4.72 Å². The highest BCUT2D eigenvalue weighted by atomic mass is 32.2. The molecular weight excluding hydrogens is 362 g/mol. The molecular formula is C20H21N3O3S. The highest BCUT2D eigenvalue weighted by Gasteiger charge is 2.15. The minimum atomic E-state index is -3.67. The lowest BCUT2D eigenvalue weighted by Gasteiger charge is -2.17.